The van der Waals surface area contributed by atoms with Gasteiger partial charge in [-0.1, -0.05) is 18.2 Å². The summed E-state index contributed by atoms with van der Waals surface area (Å²) in [5.74, 6) is -1.43. The highest BCUT2D eigenvalue weighted by molar-refractivity contribution is 6.06. The fraction of sp³-hybridized carbons (Fsp3) is 0.0526. The molecular formula is C19H14F2N4O. The van der Waals surface area contributed by atoms with Gasteiger partial charge < -0.3 is 9.88 Å². The smallest absolute Gasteiger partial charge is 0.273 e. The van der Waals surface area contributed by atoms with Gasteiger partial charge in [0.2, 0.25) is 0 Å². The number of nitrogens with zero attached hydrogens (tertiary/aromatic N) is 2. The van der Waals surface area contributed by atoms with Gasteiger partial charge in [0.1, 0.15) is 17.3 Å². The molecule has 130 valence electrons. The summed E-state index contributed by atoms with van der Waals surface area (Å²) in [6.07, 6.45) is 0. The number of aryl methyl sites for hydroxylation is 1. The Morgan fingerprint density at radius 3 is 2.54 bits per heavy atom. The first-order valence-electron chi connectivity index (χ1n) is 7.89. The van der Waals surface area contributed by atoms with E-state index >= 15 is 0 Å². The largest absolute Gasteiger partial charge is 0.340 e. The second kappa shape index (κ2) is 6.11. The van der Waals surface area contributed by atoms with Crippen molar-refractivity contribution in [3.8, 4) is 11.3 Å². The predicted molar refractivity (Wildman–Crippen MR) is 94.8 cm³/mol. The molecule has 0 saturated carbocycles. The predicted octanol–water partition coefficient (Wildman–Crippen LogP) is 4.10. The quantitative estimate of drug-likeness (QED) is 0.583. The molecule has 0 saturated heterocycles. The fourth-order valence-corrected chi connectivity index (χ4v) is 2.93. The Bertz CT molecular complexity index is 1110. The Kier molecular flexibility index (Phi) is 3.76. The number of halogens is 2. The Morgan fingerprint density at radius 2 is 1.81 bits per heavy atom. The third-order valence-electron chi connectivity index (χ3n) is 4.18. The number of rotatable bonds is 3. The van der Waals surface area contributed by atoms with Crippen molar-refractivity contribution in [2.24, 2.45) is 7.05 Å². The molecule has 0 bridgehead atoms. The molecule has 1 amide bonds. The number of carbonyl (C=O) groups is 1. The number of carbonyl (C=O) groups excluding carboxylic acids is 1. The van der Waals surface area contributed by atoms with Crippen molar-refractivity contribution < 1.29 is 13.6 Å². The minimum atomic E-state index is -0.685. The molecule has 0 aliphatic heterocycles. The van der Waals surface area contributed by atoms with E-state index in [4.69, 9.17) is 0 Å². The van der Waals surface area contributed by atoms with Crippen LogP contribution < -0.4 is 5.32 Å². The summed E-state index contributed by atoms with van der Waals surface area (Å²) in [7, 11) is 1.81. The summed E-state index contributed by atoms with van der Waals surface area (Å²) in [4.78, 5) is 12.6. The standard InChI is InChI=1S/C19H14F2N4O/c1-25-16-5-3-2-4-11(16)8-17(25)19(26)22-18-10-15(23-24-18)12-6-13(20)9-14(21)7-12/h2-10H,1H3,(H2,22,23,24,26). The highest BCUT2D eigenvalue weighted by Crippen LogP contribution is 2.23. The molecule has 2 heterocycles. The van der Waals surface area contributed by atoms with Crippen molar-refractivity contribution in [1.29, 1.82) is 0 Å². The summed E-state index contributed by atoms with van der Waals surface area (Å²) < 4.78 is 28.5. The molecule has 0 fully saturated rings. The molecule has 0 spiro atoms. The van der Waals surface area contributed by atoms with Gasteiger partial charge in [0.15, 0.2) is 5.82 Å². The molecule has 26 heavy (non-hydrogen) atoms. The molecule has 4 aromatic rings. The van der Waals surface area contributed by atoms with Crippen molar-refractivity contribution >= 4 is 22.6 Å². The first-order valence-corrected chi connectivity index (χ1v) is 7.89. The summed E-state index contributed by atoms with van der Waals surface area (Å²) >= 11 is 0. The topological polar surface area (TPSA) is 62.7 Å². The highest BCUT2D eigenvalue weighted by Gasteiger charge is 2.15. The first-order chi connectivity index (χ1) is 12.5. The first kappa shape index (κ1) is 16.0. The second-order valence-electron chi connectivity index (χ2n) is 5.93. The number of aromatic amines is 1. The van der Waals surface area contributed by atoms with Gasteiger partial charge in [-0.25, -0.2) is 8.78 Å². The lowest BCUT2D eigenvalue weighted by atomic mass is 10.1. The van der Waals surface area contributed by atoms with Crippen LogP contribution in [0.1, 0.15) is 10.5 Å². The Morgan fingerprint density at radius 1 is 1.08 bits per heavy atom. The van der Waals surface area contributed by atoms with Crippen molar-refractivity contribution in [2.75, 3.05) is 5.32 Å². The van der Waals surface area contributed by atoms with E-state index in [-0.39, 0.29) is 11.7 Å². The molecule has 2 aromatic heterocycles. The van der Waals surface area contributed by atoms with E-state index in [1.165, 1.54) is 18.2 Å². The van der Waals surface area contributed by atoms with Gasteiger partial charge in [-0.2, -0.15) is 5.10 Å². The van der Waals surface area contributed by atoms with E-state index in [1.54, 1.807) is 10.6 Å². The summed E-state index contributed by atoms with van der Waals surface area (Å²) in [6.45, 7) is 0. The molecule has 2 N–H and O–H groups in total. The number of aromatic nitrogens is 3. The van der Waals surface area contributed by atoms with Crippen molar-refractivity contribution in [2.45, 2.75) is 0 Å². The van der Waals surface area contributed by atoms with Gasteiger partial charge in [0, 0.05) is 35.6 Å². The van der Waals surface area contributed by atoms with Crippen LogP contribution in [0.2, 0.25) is 0 Å². The van der Waals surface area contributed by atoms with Crippen LogP contribution in [-0.4, -0.2) is 20.7 Å². The molecule has 0 radical (unpaired) electrons. The van der Waals surface area contributed by atoms with Crippen LogP contribution in [0.4, 0.5) is 14.6 Å². The molecule has 0 unspecified atom stereocenters. The van der Waals surface area contributed by atoms with Crippen LogP contribution in [0, 0.1) is 11.6 Å². The Hall–Kier alpha value is -3.48. The average molecular weight is 352 g/mol. The third kappa shape index (κ3) is 2.83. The summed E-state index contributed by atoms with van der Waals surface area (Å²) in [5, 5.41) is 10.3. The maximum Gasteiger partial charge on any atom is 0.273 e. The summed E-state index contributed by atoms with van der Waals surface area (Å²) in [5.41, 5.74) is 2.12. The van der Waals surface area contributed by atoms with Crippen molar-refractivity contribution in [3.05, 3.63) is 71.9 Å². The molecule has 2 aromatic carbocycles. The minimum Gasteiger partial charge on any atom is -0.340 e. The van der Waals surface area contributed by atoms with E-state index in [0.29, 0.717) is 17.0 Å². The highest BCUT2D eigenvalue weighted by atomic mass is 19.1. The zero-order valence-electron chi connectivity index (χ0n) is 13.8. The summed E-state index contributed by atoms with van der Waals surface area (Å²) in [6, 6.07) is 14.1. The van der Waals surface area contributed by atoms with Crippen LogP contribution in [0.5, 0.6) is 0 Å². The lowest BCUT2D eigenvalue weighted by Gasteiger charge is -2.03. The zero-order chi connectivity index (χ0) is 18.3. The maximum absolute atomic E-state index is 13.4. The van der Waals surface area contributed by atoms with Gasteiger partial charge in [-0.3, -0.25) is 9.89 Å². The van der Waals surface area contributed by atoms with Gasteiger partial charge in [0.25, 0.3) is 5.91 Å². The zero-order valence-corrected chi connectivity index (χ0v) is 13.8. The van der Waals surface area contributed by atoms with Crippen molar-refractivity contribution in [1.82, 2.24) is 14.8 Å². The molecule has 5 nitrogen and oxygen atoms in total. The van der Waals surface area contributed by atoms with Crippen LogP contribution in [0.15, 0.2) is 54.6 Å². The van der Waals surface area contributed by atoms with Crippen molar-refractivity contribution in [3.63, 3.8) is 0 Å². The van der Waals surface area contributed by atoms with E-state index in [1.807, 2.05) is 31.3 Å². The van der Waals surface area contributed by atoms with Gasteiger partial charge in [0.05, 0.1) is 5.69 Å². The third-order valence-corrected chi connectivity index (χ3v) is 4.18. The number of hydrogen-bond acceptors (Lipinski definition) is 2. The molecule has 0 atom stereocenters. The monoisotopic (exact) mass is 352 g/mol. The lowest BCUT2D eigenvalue weighted by molar-refractivity contribution is 0.101. The number of amides is 1. The van der Waals surface area contributed by atoms with E-state index in [2.05, 4.69) is 15.5 Å². The molecule has 0 aliphatic rings. The number of fused-ring (bicyclic) bond motifs is 1. The average Bonchev–Trinajstić information content (AvgIpc) is 3.19. The van der Waals surface area contributed by atoms with Crippen LogP contribution in [-0.2, 0) is 7.05 Å². The molecule has 7 heteroatoms. The number of H-pyrrole nitrogens is 1. The van der Waals surface area contributed by atoms with E-state index in [0.717, 1.165) is 17.0 Å². The number of benzene rings is 2. The van der Waals surface area contributed by atoms with Gasteiger partial charge >= 0.3 is 0 Å². The number of anilines is 1. The number of hydrogen-bond donors (Lipinski definition) is 2. The normalized spacial score (nSPS) is 11.0. The molecule has 0 aliphatic carbocycles. The number of nitrogens with one attached hydrogen (secondary N) is 2. The maximum atomic E-state index is 13.4. The van der Waals surface area contributed by atoms with Gasteiger partial charge in [-0.15, -0.1) is 0 Å². The van der Waals surface area contributed by atoms with E-state index in [9.17, 15) is 13.6 Å². The van der Waals surface area contributed by atoms with Crippen LogP contribution in [0.3, 0.4) is 0 Å². The Labute approximate surface area is 147 Å². The van der Waals surface area contributed by atoms with Crippen LogP contribution in [0.25, 0.3) is 22.2 Å². The lowest BCUT2D eigenvalue weighted by Crippen LogP contribution is -2.15. The molecule has 4 rings (SSSR count). The second-order valence-corrected chi connectivity index (χ2v) is 5.93. The van der Waals surface area contributed by atoms with E-state index < -0.39 is 11.6 Å². The fourth-order valence-electron chi connectivity index (χ4n) is 2.93. The van der Waals surface area contributed by atoms with Crippen LogP contribution >= 0.6 is 0 Å². The minimum absolute atomic E-state index is 0.264. The Balaban J connectivity index is 1.60. The van der Waals surface area contributed by atoms with Gasteiger partial charge in [-0.05, 0) is 24.3 Å². The SMILES string of the molecule is Cn1c(C(=O)Nc2cc(-c3cc(F)cc(F)c3)[nH]n2)cc2ccccc21. The number of para-hydroxylation sites is 1. The molecular weight excluding hydrogens is 338 g/mol.